The summed E-state index contributed by atoms with van der Waals surface area (Å²) in [5.74, 6) is -0.551. The van der Waals surface area contributed by atoms with Crippen LogP contribution in [-0.4, -0.2) is 56.1 Å². The quantitative estimate of drug-likeness (QED) is 0.233. The van der Waals surface area contributed by atoms with Gasteiger partial charge in [0.05, 0.1) is 17.2 Å². The fourth-order valence-corrected chi connectivity index (χ4v) is 6.27. The summed E-state index contributed by atoms with van der Waals surface area (Å²) >= 11 is 4.92. The zero-order chi connectivity index (χ0) is 31.1. The van der Waals surface area contributed by atoms with E-state index in [2.05, 4.69) is 21.2 Å². The van der Waals surface area contributed by atoms with Crippen molar-refractivity contribution in [3.8, 4) is 5.75 Å². The Morgan fingerprint density at radius 1 is 1.00 bits per heavy atom. The molecule has 3 rings (SSSR count). The molecule has 42 heavy (non-hydrogen) atoms. The molecule has 0 aromatic heterocycles. The van der Waals surface area contributed by atoms with Crippen molar-refractivity contribution in [3.05, 3.63) is 82.8 Å². The third-order valence-electron chi connectivity index (χ3n) is 6.29. The summed E-state index contributed by atoms with van der Waals surface area (Å²) in [5.41, 5.74) is 0.502. The fraction of sp³-hybridized carbons (Fsp3) is 0.355. The molecule has 226 valence electrons. The zero-order valence-electron chi connectivity index (χ0n) is 24.8. The molecule has 0 fully saturated rings. The van der Waals surface area contributed by atoms with Crippen LogP contribution in [0.2, 0.25) is 0 Å². The highest BCUT2D eigenvalue weighted by Crippen LogP contribution is 2.33. The molecule has 0 bridgehead atoms. The maximum absolute atomic E-state index is 14.1. The van der Waals surface area contributed by atoms with E-state index in [0.717, 1.165) is 19.2 Å². The number of ether oxygens (including phenoxy) is 1. The molecule has 2 amide bonds. The van der Waals surface area contributed by atoms with Crippen LogP contribution in [0.25, 0.3) is 0 Å². The summed E-state index contributed by atoms with van der Waals surface area (Å²) in [5, 5.41) is 2.93. The smallest absolute Gasteiger partial charge is 0.264 e. The third kappa shape index (κ3) is 8.75. The Kier molecular flexibility index (Phi) is 11.5. The molecular weight excluding hydrogens is 638 g/mol. The van der Waals surface area contributed by atoms with Crippen molar-refractivity contribution in [1.29, 1.82) is 0 Å². The zero-order valence-corrected chi connectivity index (χ0v) is 28.0. The summed E-state index contributed by atoms with van der Waals surface area (Å²) in [6.07, 6.45) is 1.91. The Balaban J connectivity index is 2.09. The van der Waals surface area contributed by atoms with E-state index in [0.29, 0.717) is 12.4 Å². The van der Waals surface area contributed by atoms with E-state index >= 15 is 0 Å². The van der Waals surface area contributed by atoms with Crippen LogP contribution in [-0.2, 0) is 26.2 Å². The first-order chi connectivity index (χ1) is 19.8. The number of halogens is 1. The van der Waals surface area contributed by atoms with Crippen molar-refractivity contribution in [2.24, 2.45) is 0 Å². The Hall–Kier alpha value is -3.02. The first kappa shape index (κ1) is 33.5. The van der Waals surface area contributed by atoms with Crippen molar-refractivity contribution in [2.75, 3.05) is 23.7 Å². The van der Waals surface area contributed by atoms with E-state index in [9.17, 15) is 18.0 Å². The maximum Gasteiger partial charge on any atom is 0.264 e. The Labute approximate surface area is 262 Å². The number of rotatable bonds is 12. The van der Waals surface area contributed by atoms with Crippen LogP contribution >= 0.6 is 27.7 Å². The van der Waals surface area contributed by atoms with Gasteiger partial charge in [-0.15, -0.1) is 11.8 Å². The van der Waals surface area contributed by atoms with Crippen molar-refractivity contribution in [2.45, 2.75) is 62.5 Å². The first-order valence-corrected chi connectivity index (χ1v) is 17.0. The largest absolute Gasteiger partial charge is 0.492 e. The molecule has 8 nitrogen and oxygen atoms in total. The maximum atomic E-state index is 14.1. The van der Waals surface area contributed by atoms with Crippen LogP contribution < -0.4 is 14.4 Å². The van der Waals surface area contributed by atoms with E-state index in [1.807, 2.05) is 51.3 Å². The number of anilines is 1. The third-order valence-corrected chi connectivity index (χ3v) is 9.34. The number of sulfonamides is 1. The van der Waals surface area contributed by atoms with Crippen molar-refractivity contribution in [3.63, 3.8) is 0 Å². The molecule has 0 heterocycles. The van der Waals surface area contributed by atoms with Gasteiger partial charge in [0.25, 0.3) is 10.0 Å². The minimum Gasteiger partial charge on any atom is -0.492 e. The molecule has 0 radical (unpaired) electrons. The van der Waals surface area contributed by atoms with E-state index < -0.39 is 34.1 Å². The van der Waals surface area contributed by atoms with Gasteiger partial charge in [-0.25, -0.2) is 8.42 Å². The molecule has 0 saturated carbocycles. The van der Waals surface area contributed by atoms with E-state index in [-0.39, 0.29) is 23.0 Å². The van der Waals surface area contributed by atoms with Crippen LogP contribution in [0.5, 0.6) is 5.75 Å². The molecule has 3 aromatic rings. The van der Waals surface area contributed by atoms with Gasteiger partial charge in [-0.2, -0.15) is 0 Å². The summed E-state index contributed by atoms with van der Waals surface area (Å²) < 4.78 is 36.0. The van der Waals surface area contributed by atoms with Crippen LogP contribution in [0.3, 0.4) is 0 Å². The monoisotopic (exact) mass is 675 g/mol. The van der Waals surface area contributed by atoms with Crippen molar-refractivity contribution in [1.82, 2.24) is 10.2 Å². The molecule has 0 saturated heterocycles. The molecule has 0 spiro atoms. The summed E-state index contributed by atoms with van der Waals surface area (Å²) in [6.45, 7) is 8.90. The number of carbonyl (C=O) groups is 2. The second kappa shape index (κ2) is 14.4. The van der Waals surface area contributed by atoms with Gasteiger partial charge in [0.15, 0.2) is 0 Å². The molecule has 1 atom stereocenters. The number of thioether (sulfide) groups is 1. The Bertz CT molecular complexity index is 1470. The average molecular weight is 677 g/mol. The van der Waals surface area contributed by atoms with Gasteiger partial charge < -0.3 is 15.0 Å². The first-order valence-electron chi connectivity index (χ1n) is 13.5. The summed E-state index contributed by atoms with van der Waals surface area (Å²) in [4.78, 5) is 29.8. The molecule has 1 N–H and O–H groups in total. The predicted molar refractivity (Wildman–Crippen MR) is 172 cm³/mol. The standard InChI is InChI=1S/C31H38BrN3O5S2/c1-7-40-28-11-9-8-10-27(28)35(42(38,39)26-18-16-25(41-6)17-19-26)21-29(36)34(20-23-12-14-24(32)15-13-23)22(2)30(37)33-31(3,4)5/h8-19,22H,7,20-21H2,1-6H3,(H,33,37)/t22-/m0/s1. The number of benzene rings is 3. The lowest BCUT2D eigenvalue weighted by atomic mass is 10.1. The average Bonchev–Trinajstić information content (AvgIpc) is 2.94. The number of nitrogens with one attached hydrogen (secondary N) is 1. The second-order valence-electron chi connectivity index (χ2n) is 10.7. The van der Waals surface area contributed by atoms with Gasteiger partial charge in [-0.05, 0) is 95.0 Å². The second-order valence-corrected chi connectivity index (χ2v) is 14.3. The Morgan fingerprint density at radius 2 is 1.62 bits per heavy atom. The van der Waals surface area contributed by atoms with Crippen LogP contribution in [0.1, 0.15) is 40.2 Å². The summed E-state index contributed by atoms with van der Waals surface area (Å²) in [7, 11) is -4.21. The number of carbonyl (C=O) groups excluding carboxylic acids is 2. The number of amides is 2. The molecule has 0 aliphatic heterocycles. The molecule has 3 aromatic carbocycles. The lowest BCUT2D eigenvalue weighted by Gasteiger charge is -2.33. The molecule has 0 aliphatic rings. The van der Waals surface area contributed by atoms with Crippen LogP contribution in [0.15, 0.2) is 87.1 Å². The lowest BCUT2D eigenvalue weighted by molar-refractivity contribution is -0.140. The number of hydrogen-bond donors (Lipinski definition) is 1. The fourth-order valence-electron chi connectivity index (χ4n) is 4.17. The molecule has 0 aliphatic carbocycles. The van der Waals surface area contributed by atoms with E-state index in [1.54, 1.807) is 50.2 Å². The van der Waals surface area contributed by atoms with Gasteiger partial charge in [-0.3, -0.25) is 13.9 Å². The van der Waals surface area contributed by atoms with E-state index in [4.69, 9.17) is 4.74 Å². The molecular formula is C31H38BrN3O5S2. The highest BCUT2D eigenvalue weighted by molar-refractivity contribution is 9.10. The van der Waals surface area contributed by atoms with Gasteiger partial charge in [0, 0.05) is 21.5 Å². The Morgan fingerprint density at radius 3 is 2.19 bits per heavy atom. The highest BCUT2D eigenvalue weighted by Gasteiger charge is 2.34. The number of para-hydroxylation sites is 2. The number of nitrogens with zero attached hydrogens (tertiary/aromatic N) is 2. The van der Waals surface area contributed by atoms with Crippen molar-refractivity contribution < 1.29 is 22.7 Å². The van der Waals surface area contributed by atoms with Crippen LogP contribution in [0, 0.1) is 0 Å². The molecule has 0 unspecified atom stereocenters. The van der Waals surface area contributed by atoms with Crippen molar-refractivity contribution >= 4 is 55.2 Å². The van der Waals surface area contributed by atoms with Crippen LogP contribution in [0.4, 0.5) is 5.69 Å². The predicted octanol–water partition coefficient (Wildman–Crippen LogP) is 6.10. The lowest BCUT2D eigenvalue weighted by Crippen LogP contribution is -2.54. The van der Waals surface area contributed by atoms with Gasteiger partial charge in [0.1, 0.15) is 18.3 Å². The minimum atomic E-state index is -4.21. The molecule has 11 heteroatoms. The number of hydrogen-bond acceptors (Lipinski definition) is 6. The highest BCUT2D eigenvalue weighted by atomic mass is 79.9. The van der Waals surface area contributed by atoms with E-state index in [1.165, 1.54) is 28.8 Å². The SMILES string of the molecule is CCOc1ccccc1N(CC(=O)N(Cc1ccc(Br)cc1)[C@@H](C)C(=O)NC(C)(C)C)S(=O)(=O)c1ccc(SC)cc1. The van der Waals surface area contributed by atoms with Gasteiger partial charge >= 0.3 is 0 Å². The normalized spacial score (nSPS) is 12.4. The summed E-state index contributed by atoms with van der Waals surface area (Å²) in [6, 6.07) is 19.8. The van der Waals surface area contributed by atoms with Gasteiger partial charge in [-0.1, -0.05) is 40.2 Å². The minimum absolute atomic E-state index is 0.0392. The topological polar surface area (TPSA) is 96.0 Å². The van der Waals surface area contributed by atoms with Gasteiger partial charge in [0.2, 0.25) is 11.8 Å².